The number of carbonyl (C=O) groups excluding carboxylic acids is 1. The normalized spacial score (nSPS) is 16.6. The van der Waals surface area contributed by atoms with Gasteiger partial charge >= 0.3 is 0 Å². The van der Waals surface area contributed by atoms with Crippen LogP contribution in [0.2, 0.25) is 0 Å². The molecule has 1 unspecified atom stereocenters. The van der Waals surface area contributed by atoms with Gasteiger partial charge in [0, 0.05) is 37.3 Å². The second-order valence-corrected chi connectivity index (χ2v) is 6.53. The number of hydrogen-bond donors (Lipinski definition) is 1. The number of thiazole rings is 1. The number of nitrogens with zero attached hydrogens (tertiary/aromatic N) is 4. The number of nitrogens with two attached hydrogens (primary N) is 1. The molecule has 9 heteroatoms. The highest BCUT2D eigenvalue weighted by Gasteiger charge is 2.31. The Morgan fingerprint density at radius 3 is 2.92 bits per heavy atom. The average molecular weight is 392 g/mol. The van der Waals surface area contributed by atoms with E-state index in [9.17, 15) is 4.79 Å². The zero-order valence-electron chi connectivity index (χ0n) is 13.6. The number of carbonyl (C=O) groups is 1. The number of amides is 1. The first-order valence-electron chi connectivity index (χ1n) is 7.62. The van der Waals surface area contributed by atoms with E-state index in [1.165, 1.54) is 11.3 Å². The highest BCUT2D eigenvalue weighted by atomic mass is 35.5. The summed E-state index contributed by atoms with van der Waals surface area (Å²) in [4.78, 5) is 23.3. The van der Waals surface area contributed by atoms with Crippen LogP contribution < -0.4 is 5.73 Å². The second-order valence-electron chi connectivity index (χ2n) is 5.59. The largest absolute Gasteiger partial charge is 0.333 e. The first-order chi connectivity index (χ1) is 10.7. The van der Waals surface area contributed by atoms with Gasteiger partial charge in [-0.1, -0.05) is 0 Å². The Balaban J connectivity index is 0.00000144. The van der Waals surface area contributed by atoms with Crippen molar-refractivity contribution in [1.82, 2.24) is 19.4 Å². The van der Waals surface area contributed by atoms with E-state index in [1.54, 1.807) is 6.20 Å². The minimum absolute atomic E-state index is 0. The Morgan fingerprint density at radius 2 is 2.25 bits per heavy atom. The average Bonchev–Trinajstić information content (AvgIpc) is 3.22. The molecule has 134 valence electrons. The number of rotatable bonds is 5. The van der Waals surface area contributed by atoms with Gasteiger partial charge in [0.1, 0.15) is 11.5 Å². The highest BCUT2D eigenvalue weighted by molar-refractivity contribution is 7.09. The van der Waals surface area contributed by atoms with E-state index in [0.717, 1.165) is 43.2 Å². The summed E-state index contributed by atoms with van der Waals surface area (Å²) in [5.41, 5.74) is 6.10. The van der Waals surface area contributed by atoms with Crippen molar-refractivity contribution < 1.29 is 4.79 Å². The molecule has 1 aliphatic heterocycles. The van der Waals surface area contributed by atoms with Crippen LogP contribution in [-0.2, 0) is 13.0 Å². The van der Waals surface area contributed by atoms with Gasteiger partial charge in [0.05, 0.1) is 11.0 Å². The lowest BCUT2D eigenvalue weighted by Gasteiger charge is -2.24. The van der Waals surface area contributed by atoms with Crippen molar-refractivity contribution in [2.24, 2.45) is 5.73 Å². The molecular formula is C15H23Cl2N5OS. The fourth-order valence-corrected chi connectivity index (χ4v) is 3.70. The smallest absolute Gasteiger partial charge is 0.273 e. The van der Waals surface area contributed by atoms with Gasteiger partial charge in [-0.15, -0.1) is 36.2 Å². The molecule has 3 heterocycles. The molecule has 0 bridgehead atoms. The van der Waals surface area contributed by atoms with Crippen LogP contribution in [0.25, 0.3) is 0 Å². The van der Waals surface area contributed by atoms with Gasteiger partial charge in [0.2, 0.25) is 0 Å². The van der Waals surface area contributed by atoms with Gasteiger partial charge in [-0.25, -0.2) is 9.97 Å². The topological polar surface area (TPSA) is 77.0 Å². The zero-order chi connectivity index (χ0) is 15.5. The van der Waals surface area contributed by atoms with Gasteiger partial charge in [-0.3, -0.25) is 4.79 Å². The number of aryl methyl sites for hydroxylation is 1. The van der Waals surface area contributed by atoms with Crippen molar-refractivity contribution in [1.29, 1.82) is 0 Å². The first-order valence-corrected chi connectivity index (χ1v) is 8.50. The van der Waals surface area contributed by atoms with E-state index in [0.29, 0.717) is 12.2 Å². The fraction of sp³-hybridized carbons (Fsp3) is 0.533. The SMILES string of the molecule is Cc1nccn1CC1CCCN1C(=O)c1csc(CCN)n1.Cl.Cl. The Bertz CT molecular complexity index is 660. The van der Waals surface area contributed by atoms with Crippen LogP contribution in [-0.4, -0.2) is 44.5 Å². The third kappa shape index (κ3) is 4.47. The summed E-state index contributed by atoms with van der Waals surface area (Å²) in [6, 6.07) is 0.222. The van der Waals surface area contributed by atoms with Gasteiger partial charge in [0.15, 0.2) is 0 Å². The molecule has 1 saturated heterocycles. The van der Waals surface area contributed by atoms with Crippen molar-refractivity contribution in [3.63, 3.8) is 0 Å². The Hall–Kier alpha value is -1.15. The van der Waals surface area contributed by atoms with Crippen molar-refractivity contribution in [2.45, 2.75) is 38.8 Å². The molecule has 24 heavy (non-hydrogen) atoms. The van der Waals surface area contributed by atoms with Crippen LogP contribution in [0.15, 0.2) is 17.8 Å². The second kappa shape index (κ2) is 9.36. The maximum absolute atomic E-state index is 12.7. The molecule has 0 saturated carbocycles. The lowest BCUT2D eigenvalue weighted by atomic mass is 10.2. The molecule has 1 fully saturated rings. The van der Waals surface area contributed by atoms with Crippen molar-refractivity contribution in [2.75, 3.05) is 13.1 Å². The molecule has 1 amide bonds. The molecule has 0 spiro atoms. The molecule has 0 aliphatic carbocycles. The van der Waals surface area contributed by atoms with Crippen LogP contribution in [0.3, 0.4) is 0 Å². The number of likely N-dealkylation sites (tertiary alicyclic amines) is 1. The molecule has 2 aromatic heterocycles. The van der Waals surface area contributed by atoms with E-state index in [2.05, 4.69) is 14.5 Å². The molecule has 0 aromatic carbocycles. The summed E-state index contributed by atoms with van der Waals surface area (Å²) in [5.74, 6) is 1.03. The summed E-state index contributed by atoms with van der Waals surface area (Å²) >= 11 is 1.52. The van der Waals surface area contributed by atoms with E-state index >= 15 is 0 Å². The Kier molecular flexibility index (Phi) is 8.15. The summed E-state index contributed by atoms with van der Waals surface area (Å²) in [5, 5.41) is 2.79. The molecule has 0 radical (unpaired) electrons. The van der Waals surface area contributed by atoms with E-state index in [1.807, 2.05) is 23.4 Å². The van der Waals surface area contributed by atoms with Crippen LogP contribution >= 0.6 is 36.2 Å². The van der Waals surface area contributed by atoms with Crippen molar-refractivity contribution in [3.05, 3.63) is 34.3 Å². The van der Waals surface area contributed by atoms with Gasteiger partial charge in [-0.05, 0) is 26.3 Å². The lowest BCUT2D eigenvalue weighted by Crippen LogP contribution is -2.38. The molecule has 6 nitrogen and oxygen atoms in total. The van der Waals surface area contributed by atoms with Crippen LogP contribution in [0.4, 0.5) is 0 Å². The molecule has 1 atom stereocenters. The van der Waals surface area contributed by atoms with E-state index < -0.39 is 0 Å². The van der Waals surface area contributed by atoms with Gasteiger partial charge < -0.3 is 15.2 Å². The highest BCUT2D eigenvalue weighted by Crippen LogP contribution is 2.23. The fourth-order valence-electron chi connectivity index (χ4n) is 2.91. The van der Waals surface area contributed by atoms with E-state index in [4.69, 9.17) is 5.73 Å². The number of aromatic nitrogens is 3. The van der Waals surface area contributed by atoms with Gasteiger partial charge in [-0.2, -0.15) is 0 Å². The van der Waals surface area contributed by atoms with Crippen molar-refractivity contribution in [3.8, 4) is 0 Å². The standard InChI is InChI=1S/C15H21N5OS.2ClH/c1-11-17-6-8-19(11)9-12-3-2-7-20(12)15(21)13-10-22-14(18-13)4-5-16;;/h6,8,10,12H,2-5,7,9,16H2,1H3;2*1H. The Morgan fingerprint density at radius 1 is 1.46 bits per heavy atom. The minimum atomic E-state index is 0. The lowest BCUT2D eigenvalue weighted by molar-refractivity contribution is 0.0718. The summed E-state index contributed by atoms with van der Waals surface area (Å²) in [6.07, 6.45) is 6.58. The Labute approximate surface area is 158 Å². The number of halogens is 2. The number of imidazole rings is 1. The van der Waals surface area contributed by atoms with Crippen LogP contribution in [0.1, 0.15) is 34.2 Å². The first kappa shape index (κ1) is 20.9. The molecular weight excluding hydrogens is 369 g/mol. The maximum atomic E-state index is 12.7. The third-order valence-electron chi connectivity index (χ3n) is 4.10. The predicted octanol–water partition coefficient (Wildman–Crippen LogP) is 2.30. The number of hydrogen-bond acceptors (Lipinski definition) is 5. The minimum Gasteiger partial charge on any atom is -0.333 e. The summed E-state index contributed by atoms with van der Waals surface area (Å²) in [6.45, 7) is 4.16. The maximum Gasteiger partial charge on any atom is 0.273 e. The van der Waals surface area contributed by atoms with Crippen LogP contribution in [0.5, 0.6) is 0 Å². The predicted molar refractivity (Wildman–Crippen MR) is 100 cm³/mol. The summed E-state index contributed by atoms with van der Waals surface area (Å²) in [7, 11) is 0. The molecule has 1 aliphatic rings. The third-order valence-corrected chi connectivity index (χ3v) is 5.01. The quantitative estimate of drug-likeness (QED) is 0.847. The summed E-state index contributed by atoms with van der Waals surface area (Å²) < 4.78 is 2.11. The van der Waals surface area contributed by atoms with E-state index in [-0.39, 0.29) is 36.8 Å². The van der Waals surface area contributed by atoms with Crippen molar-refractivity contribution >= 4 is 42.1 Å². The van der Waals surface area contributed by atoms with Crippen LogP contribution in [0, 0.1) is 6.92 Å². The molecule has 3 rings (SSSR count). The monoisotopic (exact) mass is 391 g/mol. The molecule has 2 aromatic rings. The zero-order valence-corrected chi connectivity index (χ0v) is 16.0. The molecule has 2 N–H and O–H groups in total. The van der Waals surface area contributed by atoms with Gasteiger partial charge in [0.25, 0.3) is 5.91 Å².